The van der Waals surface area contributed by atoms with Crippen LogP contribution >= 0.6 is 0 Å². The minimum absolute atomic E-state index is 0.452. The summed E-state index contributed by atoms with van der Waals surface area (Å²) in [5, 5.41) is 21.6. The third-order valence-corrected chi connectivity index (χ3v) is 3.27. The quantitative estimate of drug-likeness (QED) is 0.675. The first-order valence-corrected chi connectivity index (χ1v) is 6.09. The minimum atomic E-state index is 0.452. The van der Waals surface area contributed by atoms with Gasteiger partial charge in [-0.2, -0.15) is 10.3 Å². The number of hydrogen-bond donors (Lipinski definition) is 3. The highest BCUT2D eigenvalue weighted by Crippen LogP contribution is 2.25. The van der Waals surface area contributed by atoms with Gasteiger partial charge in [-0.05, 0) is 25.9 Å². The molecule has 8 heteroatoms. The van der Waals surface area contributed by atoms with Crippen molar-refractivity contribution in [2.75, 3.05) is 18.8 Å². The minimum Gasteiger partial charge on any atom is -0.384 e. The first kappa shape index (κ1) is 11.1. The van der Waals surface area contributed by atoms with Gasteiger partial charge in [0.15, 0.2) is 5.82 Å². The standard InChI is InChI=1S/C10H16N8/c11-9-5-8(7-1-3-12-4-2-7)15-18(9)6-10-13-16-17-14-10/h5,7,12H,1-4,6,11H2,(H,13,14,16,17). The predicted molar refractivity (Wildman–Crippen MR) is 64.8 cm³/mol. The molecule has 0 atom stereocenters. The fourth-order valence-electron chi connectivity index (χ4n) is 2.28. The molecule has 1 aliphatic heterocycles. The van der Waals surface area contributed by atoms with Gasteiger partial charge >= 0.3 is 0 Å². The molecular formula is C10H16N8. The number of H-pyrrole nitrogens is 1. The molecule has 0 aromatic carbocycles. The fraction of sp³-hybridized carbons (Fsp3) is 0.600. The summed E-state index contributed by atoms with van der Waals surface area (Å²) >= 11 is 0. The van der Waals surface area contributed by atoms with E-state index in [1.807, 2.05) is 6.07 Å². The second kappa shape index (κ2) is 4.73. The lowest BCUT2D eigenvalue weighted by molar-refractivity contribution is 0.448. The summed E-state index contributed by atoms with van der Waals surface area (Å²) in [7, 11) is 0. The maximum Gasteiger partial charge on any atom is 0.196 e. The number of aromatic nitrogens is 6. The average molecular weight is 248 g/mol. The zero-order chi connectivity index (χ0) is 12.4. The lowest BCUT2D eigenvalue weighted by Gasteiger charge is -2.20. The van der Waals surface area contributed by atoms with Crippen LogP contribution in [0.4, 0.5) is 5.82 Å². The number of nitrogen functional groups attached to an aromatic ring is 1. The molecule has 1 fully saturated rings. The molecule has 0 radical (unpaired) electrons. The van der Waals surface area contributed by atoms with E-state index in [1.54, 1.807) is 4.68 Å². The Labute approximate surface area is 104 Å². The lowest BCUT2D eigenvalue weighted by atomic mass is 9.95. The van der Waals surface area contributed by atoms with Crippen molar-refractivity contribution in [1.82, 2.24) is 35.7 Å². The van der Waals surface area contributed by atoms with E-state index in [2.05, 4.69) is 31.0 Å². The van der Waals surface area contributed by atoms with Crippen LogP contribution in [0.1, 0.15) is 30.3 Å². The maximum atomic E-state index is 5.96. The number of hydrogen-bond acceptors (Lipinski definition) is 6. The number of nitrogens with two attached hydrogens (primary N) is 1. The normalized spacial score (nSPS) is 17.1. The van der Waals surface area contributed by atoms with Crippen LogP contribution in [0.3, 0.4) is 0 Å². The number of piperidine rings is 1. The van der Waals surface area contributed by atoms with E-state index in [4.69, 9.17) is 5.73 Å². The van der Waals surface area contributed by atoms with Crippen LogP contribution in [0.5, 0.6) is 0 Å². The molecule has 8 nitrogen and oxygen atoms in total. The van der Waals surface area contributed by atoms with Crippen LogP contribution in [-0.4, -0.2) is 43.5 Å². The number of aromatic amines is 1. The molecule has 0 spiro atoms. The first-order valence-electron chi connectivity index (χ1n) is 6.09. The number of nitrogens with one attached hydrogen (secondary N) is 2. The molecule has 0 amide bonds. The van der Waals surface area contributed by atoms with E-state index < -0.39 is 0 Å². The van der Waals surface area contributed by atoms with E-state index in [0.717, 1.165) is 31.6 Å². The third-order valence-electron chi connectivity index (χ3n) is 3.27. The summed E-state index contributed by atoms with van der Waals surface area (Å²) < 4.78 is 1.72. The molecular weight excluding hydrogens is 232 g/mol. The summed E-state index contributed by atoms with van der Waals surface area (Å²) in [5.41, 5.74) is 7.03. The largest absolute Gasteiger partial charge is 0.384 e. The molecule has 1 aliphatic rings. The second-order valence-corrected chi connectivity index (χ2v) is 4.50. The smallest absolute Gasteiger partial charge is 0.196 e. The average Bonchev–Trinajstić information content (AvgIpc) is 3.02. The molecule has 0 bridgehead atoms. The number of anilines is 1. The van der Waals surface area contributed by atoms with Gasteiger partial charge in [0.1, 0.15) is 12.4 Å². The monoisotopic (exact) mass is 248 g/mol. The highest BCUT2D eigenvalue weighted by atomic mass is 15.5. The molecule has 3 heterocycles. The van der Waals surface area contributed by atoms with Gasteiger partial charge in [0, 0.05) is 12.0 Å². The van der Waals surface area contributed by atoms with Crippen molar-refractivity contribution >= 4 is 5.82 Å². The second-order valence-electron chi connectivity index (χ2n) is 4.50. The number of rotatable bonds is 3. The summed E-state index contributed by atoms with van der Waals surface area (Å²) in [6, 6.07) is 1.95. The van der Waals surface area contributed by atoms with Gasteiger partial charge in [-0.25, -0.2) is 4.68 Å². The molecule has 2 aromatic rings. The van der Waals surface area contributed by atoms with Gasteiger partial charge in [-0.1, -0.05) is 5.21 Å². The fourth-order valence-corrected chi connectivity index (χ4v) is 2.28. The topological polar surface area (TPSA) is 110 Å². The Morgan fingerprint density at radius 2 is 2.22 bits per heavy atom. The third kappa shape index (κ3) is 2.19. The molecule has 3 rings (SSSR count). The predicted octanol–water partition coefficient (Wildman–Crippen LogP) is -0.506. The zero-order valence-electron chi connectivity index (χ0n) is 10.0. The van der Waals surface area contributed by atoms with Crippen LogP contribution in [0.2, 0.25) is 0 Å². The molecule has 2 aromatic heterocycles. The van der Waals surface area contributed by atoms with E-state index in [0.29, 0.717) is 24.1 Å². The van der Waals surface area contributed by atoms with Crippen LogP contribution in [0, 0.1) is 0 Å². The van der Waals surface area contributed by atoms with Crippen molar-refractivity contribution in [2.45, 2.75) is 25.3 Å². The van der Waals surface area contributed by atoms with Gasteiger partial charge in [0.05, 0.1) is 5.69 Å². The zero-order valence-corrected chi connectivity index (χ0v) is 10.0. The van der Waals surface area contributed by atoms with Crippen molar-refractivity contribution in [3.63, 3.8) is 0 Å². The molecule has 0 aliphatic carbocycles. The van der Waals surface area contributed by atoms with Crippen LogP contribution in [-0.2, 0) is 6.54 Å². The molecule has 0 saturated carbocycles. The maximum absolute atomic E-state index is 5.96. The molecule has 0 unspecified atom stereocenters. The number of nitrogens with zero attached hydrogens (tertiary/aromatic N) is 5. The van der Waals surface area contributed by atoms with Crippen LogP contribution in [0.15, 0.2) is 6.07 Å². The van der Waals surface area contributed by atoms with E-state index in [-0.39, 0.29) is 0 Å². The van der Waals surface area contributed by atoms with Gasteiger partial charge in [-0.3, -0.25) is 0 Å². The van der Waals surface area contributed by atoms with Crippen molar-refractivity contribution < 1.29 is 0 Å². The van der Waals surface area contributed by atoms with Crippen molar-refractivity contribution in [3.8, 4) is 0 Å². The summed E-state index contributed by atoms with van der Waals surface area (Å²) in [6.07, 6.45) is 2.22. The molecule has 18 heavy (non-hydrogen) atoms. The van der Waals surface area contributed by atoms with Gasteiger partial charge in [0.2, 0.25) is 0 Å². The molecule has 1 saturated heterocycles. The number of tetrazole rings is 1. The Morgan fingerprint density at radius 1 is 1.39 bits per heavy atom. The Kier molecular flexibility index (Phi) is 2.93. The molecule has 96 valence electrons. The highest BCUT2D eigenvalue weighted by Gasteiger charge is 2.19. The Hall–Kier alpha value is -1.96. The van der Waals surface area contributed by atoms with E-state index in [9.17, 15) is 0 Å². The summed E-state index contributed by atoms with van der Waals surface area (Å²) in [6.45, 7) is 2.54. The summed E-state index contributed by atoms with van der Waals surface area (Å²) in [4.78, 5) is 0. The molecule has 4 N–H and O–H groups in total. The SMILES string of the molecule is Nc1cc(C2CCNCC2)nn1Cc1nn[nH]n1. The van der Waals surface area contributed by atoms with Crippen LogP contribution < -0.4 is 11.1 Å². The summed E-state index contributed by atoms with van der Waals surface area (Å²) in [5.74, 6) is 1.73. The Bertz CT molecular complexity index is 496. The first-order chi connectivity index (χ1) is 8.83. The van der Waals surface area contributed by atoms with Crippen molar-refractivity contribution in [3.05, 3.63) is 17.6 Å². The van der Waals surface area contributed by atoms with Gasteiger partial charge in [0.25, 0.3) is 0 Å². The highest BCUT2D eigenvalue weighted by molar-refractivity contribution is 5.33. The van der Waals surface area contributed by atoms with Crippen molar-refractivity contribution in [2.24, 2.45) is 0 Å². The van der Waals surface area contributed by atoms with Crippen LogP contribution in [0.25, 0.3) is 0 Å². The van der Waals surface area contributed by atoms with E-state index >= 15 is 0 Å². The van der Waals surface area contributed by atoms with E-state index in [1.165, 1.54) is 0 Å². The Balaban J connectivity index is 1.77. The lowest BCUT2D eigenvalue weighted by Crippen LogP contribution is -2.26. The Morgan fingerprint density at radius 3 is 2.94 bits per heavy atom. The van der Waals surface area contributed by atoms with Gasteiger partial charge in [-0.15, -0.1) is 10.2 Å². The van der Waals surface area contributed by atoms with Gasteiger partial charge < -0.3 is 11.1 Å². The van der Waals surface area contributed by atoms with Crippen molar-refractivity contribution in [1.29, 1.82) is 0 Å².